The van der Waals surface area contributed by atoms with E-state index in [1.54, 1.807) is 12.2 Å². The summed E-state index contributed by atoms with van der Waals surface area (Å²) in [5.41, 5.74) is 2.96. The second kappa shape index (κ2) is 8.04. The number of carbonyl (C=O) groups excluding carboxylic acids is 1. The van der Waals surface area contributed by atoms with E-state index in [0.29, 0.717) is 10.9 Å². The minimum atomic E-state index is 0.0990. The molecule has 126 valence electrons. The Kier molecular flexibility index (Phi) is 6.30. The summed E-state index contributed by atoms with van der Waals surface area (Å²) in [6.07, 6.45) is 3.60. The van der Waals surface area contributed by atoms with Crippen molar-refractivity contribution in [3.8, 4) is 0 Å². The van der Waals surface area contributed by atoms with Gasteiger partial charge in [-0.05, 0) is 36.1 Å². The fourth-order valence-corrected chi connectivity index (χ4v) is 2.75. The van der Waals surface area contributed by atoms with Crippen LogP contribution in [0.5, 0.6) is 0 Å². The Morgan fingerprint density at radius 2 is 1.50 bits per heavy atom. The largest absolute Gasteiger partial charge is 0.289 e. The van der Waals surface area contributed by atoms with Crippen molar-refractivity contribution in [2.24, 2.45) is 22.0 Å². The number of hydrogen-bond donors (Lipinski definition) is 0. The first-order chi connectivity index (χ1) is 11.3. The van der Waals surface area contributed by atoms with Crippen LogP contribution in [0, 0.1) is 11.8 Å². The summed E-state index contributed by atoms with van der Waals surface area (Å²) in [4.78, 5) is 12.5. The number of ketones is 1. The lowest BCUT2D eigenvalue weighted by molar-refractivity contribution is -0.113. The number of nitrogens with zero attached hydrogens (tertiary/aromatic N) is 2. The van der Waals surface area contributed by atoms with Crippen LogP contribution < -0.4 is 0 Å². The SMILES string of the molecule is CC(C)C1=CC(=NN=C(Cl)c2ccc(Br)cc2)C=C(C(C)C)C1=O. The lowest BCUT2D eigenvalue weighted by Gasteiger charge is -2.19. The quantitative estimate of drug-likeness (QED) is 0.367. The maximum absolute atomic E-state index is 12.5. The van der Waals surface area contributed by atoms with E-state index in [1.807, 2.05) is 52.0 Å². The molecule has 0 aliphatic heterocycles. The van der Waals surface area contributed by atoms with E-state index in [4.69, 9.17) is 11.6 Å². The van der Waals surface area contributed by atoms with Gasteiger partial charge < -0.3 is 0 Å². The number of benzene rings is 1. The molecule has 0 fully saturated rings. The highest BCUT2D eigenvalue weighted by Gasteiger charge is 2.24. The highest BCUT2D eigenvalue weighted by atomic mass is 79.9. The van der Waals surface area contributed by atoms with Gasteiger partial charge in [0.2, 0.25) is 0 Å². The molecule has 0 spiro atoms. The molecule has 0 saturated carbocycles. The minimum Gasteiger partial charge on any atom is -0.289 e. The van der Waals surface area contributed by atoms with Crippen molar-refractivity contribution in [3.63, 3.8) is 0 Å². The lowest BCUT2D eigenvalue weighted by Crippen LogP contribution is -2.20. The minimum absolute atomic E-state index is 0.0990. The third-order valence-corrected chi connectivity index (χ3v) is 4.53. The summed E-state index contributed by atoms with van der Waals surface area (Å²) < 4.78 is 0.974. The number of hydrogen-bond acceptors (Lipinski definition) is 3. The maximum Gasteiger partial charge on any atom is 0.185 e. The van der Waals surface area contributed by atoms with Crippen LogP contribution in [-0.4, -0.2) is 16.7 Å². The van der Waals surface area contributed by atoms with Gasteiger partial charge in [0.1, 0.15) is 0 Å². The monoisotopic (exact) mass is 406 g/mol. The second-order valence-electron chi connectivity index (χ2n) is 6.26. The summed E-state index contributed by atoms with van der Waals surface area (Å²) in [7, 11) is 0. The molecule has 2 rings (SSSR count). The van der Waals surface area contributed by atoms with Crippen LogP contribution in [0.2, 0.25) is 0 Å². The van der Waals surface area contributed by atoms with Gasteiger partial charge in [-0.2, -0.15) is 0 Å². The van der Waals surface area contributed by atoms with Crippen molar-refractivity contribution in [1.29, 1.82) is 0 Å². The number of halogens is 2. The topological polar surface area (TPSA) is 41.8 Å². The van der Waals surface area contributed by atoms with Crippen molar-refractivity contribution in [2.75, 3.05) is 0 Å². The third-order valence-electron chi connectivity index (χ3n) is 3.71. The summed E-state index contributed by atoms with van der Waals surface area (Å²) >= 11 is 9.61. The van der Waals surface area contributed by atoms with Gasteiger partial charge in [0.05, 0.1) is 5.71 Å². The van der Waals surface area contributed by atoms with Crippen molar-refractivity contribution < 1.29 is 4.79 Å². The average Bonchev–Trinajstić information content (AvgIpc) is 2.53. The molecule has 0 saturated heterocycles. The fourth-order valence-electron chi connectivity index (χ4n) is 2.32. The van der Waals surface area contributed by atoms with E-state index in [2.05, 4.69) is 26.1 Å². The molecule has 0 unspecified atom stereocenters. The van der Waals surface area contributed by atoms with Gasteiger partial charge in [0.25, 0.3) is 0 Å². The summed E-state index contributed by atoms with van der Waals surface area (Å²) in [6, 6.07) is 7.52. The molecule has 5 heteroatoms. The molecular weight excluding hydrogens is 388 g/mol. The molecule has 1 aromatic rings. The molecule has 1 aliphatic rings. The molecule has 0 radical (unpaired) electrons. The Morgan fingerprint density at radius 3 is 1.96 bits per heavy atom. The predicted molar refractivity (Wildman–Crippen MR) is 105 cm³/mol. The van der Waals surface area contributed by atoms with Crippen LogP contribution in [0.4, 0.5) is 0 Å². The number of allylic oxidation sites excluding steroid dienone is 4. The second-order valence-corrected chi connectivity index (χ2v) is 7.53. The van der Waals surface area contributed by atoms with E-state index in [9.17, 15) is 4.79 Å². The molecule has 0 heterocycles. The maximum atomic E-state index is 12.5. The summed E-state index contributed by atoms with van der Waals surface area (Å²) in [5.74, 6) is 0.370. The Balaban J connectivity index is 2.37. The number of rotatable bonds is 4. The zero-order valence-corrected chi connectivity index (χ0v) is 16.5. The molecule has 0 bridgehead atoms. The van der Waals surface area contributed by atoms with Crippen LogP contribution in [0.1, 0.15) is 33.3 Å². The van der Waals surface area contributed by atoms with Crippen LogP contribution >= 0.6 is 27.5 Å². The van der Waals surface area contributed by atoms with E-state index >= 15 is 0 Å². The summed E-state index contributed by atoms with van der Waals surface area (Å²) in [5, 5.41) is 8.66. The van der Waals surface area contributed by atoms with Crippen LogP contribution in [0.3, 0.4) is 0 Å². The highest BCUT2D eigenvalue weighted by molar-refractivity contribution is 9.10. The zero-order valence-electron chi connectivity index (χ0n) is 14.2. The molecule has 0 amide bonds. The molecule has 24 heavy (non-hydrogen) atoms. The first kappa shape index (κ1) is 18.8. The molecular formula is C19H20BrClN2O. The average molecular weight is 408 g/mol. The zero-order chi connectivity index (χ0) is 17.9. The van der Waals surface area contributed by atoms with Crippen molar-refractivity contribution in [2.45, 2.75) is 27.7 Å². The van der Waals surface area contributed by atoms with Gasteiger partial charge in [0.15, 0.2) is 11.0 Å². The van der Waals surface area contributed by atoms with Crippen LogP contribution in [0.25, 0.3) is 0 Å². The van der Waals surface area contributed by atoms with Gasteiger partial charge in [-0.15, -0.1) is 10.2 Å². The smallest absolute Gasteiger partial charge is 0.185 e. The van der Waals surface area contributed by atoms with Crippen molar-refractivity contribution in [3.05, 3.63) is 57.6 Å². The van der Waals surface area contributed by atoms with Gasteiger partial charge in [-0.25, -0.2) is 0 Å². The molecule has 1 aromatic carbocycles. The Hall–Kier alpha value is -1.52. The number of Topliss-reactive ketones (excluding diaryl/α,β-unsaturated/α-hetero) is 1. The van der Waals surface area contributed by atoms with Crippen LogP contribution in [-0.2, 0) is 4.79 Å². The predicted octanol–water partition coefficient (Wildman–Crippen LogP) is 5.54. The highest BCUT2D eigenvalue weighted by Crippen LogP contribution is 2.25. The molecule has 1 aliphatic carbocycles. The molecule has 0 aromatic heterocycles. The molecule has 3 nitrogen and oxygen atoms in total. The first-order valence-corrected chi connectivity index (χ1v) is 9.01. The molecule has 0 atom stereocenters. The van der Waals surface area contributed by atoms with Crippen molar-refractivity contribution in [1.82, 2.24) is 0 Å². The van der Waals surface area contributed by atoms with Gasteiger partial charge in [0, 0.05) is 21.2 Å². The standard InChI is InChI=1S/C19H20BrClN2O/c1-11(2)16-9-15(10-17(12(3)4)18(16)24)22-23-19(21)13-5-7-14(20)8-6-13/h5-12H,1-4H3. The Morgan fingerprint density at radius 1 is 1.00 bits per heavy atom. The molecule has 0 N–H and O–H groups in total. The fraction of sp³-hybridized carbons (Fsp3) is 0.316. The van der Waals surface area contributed by atoms with E-state index in [-0.39, 0.29) is 17.6 Å². The lowest BCUT2D eigenvalue weighted by atomic mass is 9.84. The normalized spacial score (nSPS) is 15.8. The van der Waals surface area contributed by atoms with Gasteiger partial charge >= 0.3 is 0 Å². The summed E-state index contributed by atoms with van der Waals surface area (Å²) in [6.45, 7) is 8.01. The van der Waals surface area contributed by atoms with E-state index < -0.39 is 0 Å². The third kappa shape index (κ3) is 4.52. The van der Waals surface area contributed by atoms with E-state index in [0.717, 1.165) is 21.2 Å². The number of carbonyl (C=O) groups is 1. The van der Waals surface area contributed by atoms with Gasteiger partial charge in [-0.1, -0.05) is 67.4 Å². The first-order valence-electron chi connectivity index (χ1n) is 7.84. The van der Waals surface area contributed by atoms with Crippen LogP contribution in [0.15, 0.2) is 62.2 Å². The Bertz CT molecular complexity index is 726. The Labute approximate surface area is 156 Å². The van der Waals surface area contributed by atoms with Gasteiger partial charge in [-0.3, -0.25) is 4.79 Å². The van der Waals surface area contributed by atoms with E-state index in [1.165, 1.54) is 0 Å². The van der Waals surface area contributed by atoms with Crippen molar-refractivity contribution >= 4 is 44.2 Å².